The third-order valence-electron chi connectivity index (χ3n) is 2.63. The first-order chi connectivity index (χ1) is 10.5. The van der Waals surface area contributed by atoms with Gasteiger partial charge in [-0.3, -0.25) is 25.8 Å². The molecule has 0 saturated carbocycles. The second-order valence-electron chi connectivity index (χ2n) is 4.42. The Morgan fingerprint density at radius 2 is 1.95 bits per heavy atom. The average Bonchev–Trinajstić information content (AvgIpc) is 2.98. The topological polar surface area (TPSA) is 101 Å². The van der Waals surface area contributed by atoms with Crippen molar-refractivity contribution in [1.82, 2.24) is 30.9 Å². The Bertz CT molecular complexity index is 668. The molecule has 1 heterocycles. The van der Waals surface area contributed by atoms with Crippen molar-refractivity contribution >= 4 is 29.1 Å². The number of benzene rings is 1. The molecule has 0 saturated heterocycles. The van der Waals surface area contributed by atoms with E-state index in [0.29, 0.717) is 5.56 Å². The molecule has 0 aliphatic rings. The Labute approximate surface area is 131 Å². The quantitative estimate of drug-likeness (QED) is 0.541. The summed E-state index contributed by atoms with van der Waals surface area (Å²) in [7, 11) is 0. The molecule has 1 aromatic heterocycles. The molecule has 3 N–H and O–H groups in total. The first-order valence-electron chi connectivity index (χ1n) is 6.34. The van der Waals surface area contributed by atoms with Gasteiger partial charge >= 0.3 is 0 Å². The first kappa shape index (κ1) is 15.6. The van der Waals surface area contributed by atoms with Crippen molar-refractivity contribution in [2.24, 2.45) is 0 Å². The lowest BCUT2D eigenvalue weighted by Crippen LogP contribution is -2.49. The van der Waals surface area contributed by atoms with E-state index in [1.54, 1.807) is 12.1 Å². The van der Waals surface area contributed by atoms with Crippen LogP contribution in [0.15, 0.2) is 36.9 Å². The molecule has 2 rings (SSSR count). The molecule has 9 heteroatoms. The van der Waals surface area contributed by atoms with Crippen LogP contribution in [0.3, 0.4) is 0 Å². The zero-order chi connectivity index (χ0) is 15.9. The number of hydrogen-bond donors (Lipinski definition) is 3. The highest BCUT2D eigenvalue weighted by molar-refractivity contribution is 7.80. The van der Waals surface area contributed by atoms with Crippen molar-refractivity contribution in [1.29, 1.82) is 0 Å². The van der Waals surface area contributed by atoms with E-state index in [0.717, 1.165) is 5.56 Å². The largest absolute Gasteiger partial charge is 0.298 e. The summed E-state index contributed by atoms with van der Waals surface area (Å²) in [5, 5.41) is 6.25. The summed E-state index contributed by atoms with van der Waals surface area (Å²) < 4.78 is 1.35. The Balaban J connectivity index is 1.76. The Kier molecular flexibility index (Phi) is 5.15. The fraction of sp³-hybridized carbons (Fsp3) is 0.154. The molecule has 114 valence electrons. The van der Waals surface area contributed by atoms with Gasteiger partial charge in [0.2, 0.25) is 0 Å². The number of nitrogens with one attached hydrogen (secondary N) is 3. The van der Waals surface area contributed by atoms with Gasteiger partial charge in [0, 0.05) is 5.56 Å². The molecular formula is C13H14N6O2S. The number of hydrazine groups is 1. The van der Waals surface area contributed by atoms with Crippen LogP contribution >= 0.6 is 12.2 Å². The maximum absolute atomic E-state index is 11.9. The van der Waals surface area contributed by atoms with Gasteiger partial charge in [0.1, 0.15) is 19.2 Å². The Morgan fingerprint density at radius 1 is 1.23 bits per heavy atom. The molecule has 2 amide bonds. The van der Waals surface area contributed by atoms with Crippen LogP contribution in [-0.2, 0) is 11.3 Å². The van der Waals surface area contributed by atoms with Crippen LogP contribution in [0.1, 0.15) is 15.9 Å². The number of hydrogen-bond acceptors (Lipinski definition) is 5. The number of thiocarbonyl (C=S) groups is 1. The molecule has 1 aromatic carbocycles. The van der Waals surface area contributed by atoms with Crippen molar-refractivity contribution in [3.05, 3.63) is 48.0 Å². The minimum Gasteiger partial charge on any atom is -0.298 e. The lowest BCUT2D eigenvalue weighted by molar-refractivity contribution is -0.122. The van der Waals surface area contributed by atoms with Crippen molar-refractivity contribution in [2.75, 3.05) is 0 Å². The maximum Gasteiger partial charge on any atom is 0.260 e. The minimum absolute atomic E-state index is 0.00230. The van der Waals surface area contributed by atoms with Gasteiger partial charge in [0.05, 0.1) is 0 Å². The molecule has 2 aromatic rings. The fourth-order valence-electron chi connectivity index (χ4n) is 1.54. The van der Waals surface area contributed by atoms with Gasteiger partial charge in [-0.15, -0.1) is 0 Å². The fourth-order valence-corrected chi connectivity index (χ4v) is 1.68. The lowest BCUT2D eigenvalue weighted by atomic mass is 10.1. The first-order valence-corrected chi connectivity index (χ1v) is 6.74. The molecule has 0 fully saturated rings. The van der Waals surface area contributed by atoms with Gasteiger partial charge < -0.3 is 0 Å². The molecular weight excluding hydrogens is 304 g/mol. The van der Waals surface area contributed by atoms with E-state index >= 15 is 0 Å². The monoisotopic (exact) mass is 318 g/mol. The van der Waals surface area contributed by atoms with E-state index in [9.17, 15) is 9.59 Å². The molecule has 8 nitrogen and oxygen atoms in total. The summed E-state index contributed by atoms with van der Waals surface area (Å²) >= 11 is 4.93. The van der Waals surface area contributed by atoms with E-state index in [-0.39, 0.29) is 23.5 Å². The number of amides is 2. The minimum atomic E-state index is -0.377. The summed E-state index contributed by atoms with van der Waals surface area (Å²) in [6.45, 7) is 1.92. The normalized spacial score (nSPS) is 9.86. The van der Waals surface area contributed by atoms with Gasteiger partial charge in [-0.2, -0.15) is 5.10 Å². The van der Waals surface area contributed by atoms with Crippen molar-refractivity contribution in [3.8, 4) is 0 Å². The van der Waals surface area contributed by atoms with Gasteiger partial charge in [-0.25, -0.2) is 9.67 Å². The van der Waals surface area contributed by atoms with Crippen molar-refractivity contribution in [3.63, 3.8) is 0 Å². The summed E-state index contributed by atoms with van der Waals surface area (Å²) in [5.41, 5.74) is 6.33. The molecule has 0 aliphatic carbocycles. The number of carbonyl (C=O) groups is 2. The van der Waals surface area contributed by atoms with Crippen LogP contribution in [-0.4, -0.2) is 31.7 Å². The van der Waals surface area contributed by atoms with Crippen LogP contribution < -0.4 is 16.2 Å². The highest BCUT2D eigenvalue weighted by Gasteiger charge is 2.08. The molecule has 0 aliphatic heterocycles. The van der Waals surface area contributed by atoms with Gasteiger partial charge in [0.15, 0.2) is 5.11 Å². The Hall–Kier alpha value is -2.81. The molecule has 0 unspecified atom stereocenters. The summed E-state index contributed by atoms with van der Waals surface area (Å²) in [6, 6.07) is 7.03. The van der Waals surface area contributed by atoms with E-state index < -0.39 is 0 Å². The molecule has 0 atom stereocenters. The number of nitrogens with zero attached hydrogens (tertiary/aromatic N) is 3. The molecule has 0 radical (unpaired) electrons. The maximum atomic E-state index is 11.9. The summed E-state index contributed by atoms with van der Waals surface area (Å²) in [5.74, 6) is -0.736. The zero-order valence-electron chi connectivity index (χ0n) is 11.7. The molecule has 0 spiro atoms. The van der Waals surface area contributed by atoms with Crippen LogP contribution in [0.4, 0.5) is 0 Å². The van der Waals surface area contributed by atoms with E-state index in [2.05, 4.69) is 26.3 Å². The Morgan fingerprint density at radius 3 is 2.59 bits per heavy atom. The second kappa shape index (κ2) is 7.27. The standard InChI is InChI=1S/C13H14N6O2S/c1-9-2-4-10(5-3-9)12(21)16-13(22)18-17-11(20)6-19-8-14-7-15-19/h2-5,7-8H,6H2,1H3,(H,17,20)(H2,16,18,21,22). The highest BCUT2D eigenvalue weighted by atomic mass is 32.1. The lowest BCUT2D eigenvalue weighted by Gasteiger charge is -2.10. The van der Waals surface area contributed by atoms with E-state index in [1.807, 2.05) is 19.1 Å². The number of carbonyl (C=O) groups excluding carboxylic acids is 2. The predicted molar refractivity (Wildman–Crippen MR) is 82.5 cm³/mol. The van der Waals surface area contributed by atoms with Crippen LogP contribution in [0.2, 0.25) is 0 Å². The number of rotatable bonds is 3. The highest BCUT2D eigenvalue weighted by Crippen LogP contribution is 2.02. The van der Waals surface area contributed by atoms with E-state index in [1.165, 1.54) is 17.3 Å². The third-order valence-corrected chi connectivity index (χ3v) is 2.83. The smallest absolute Gasteiger partial charge is 0.260 e. The zero-order valence-corrected chi connectivity index (χ0v) is 12.6. The average molecular weight is 318 g/mol. The summed E-state index contributed by atoms with van der Waals surface area (Å²) in [6.07, 6.45) is 2.74. The van der Waals surface area contributed by atoms with Gasteiger partial charge in [-0.1, -0.05) is 17.7 Å². The van der Waals surface area contributed by atoms with E-state index in [4.69, 9.17) is 12.2 Å². The SMILES string of the molecule is Cc1ccc(C(=O)NC(=S)NNC(=O)Cn2cncn2)cc1. The predicted octanol–water partition coefficient (Wildman–Crippen LogP) is -0.0778. The van der Waals surface area contributed by atoms with Crippen LogP contribution in [0, 0.1) is 6.92 Å². The second-order valence-corrected chi connectivity index (χ2v) is 4.82. The molecule has 22 heavy (non-hydrogen) atoms. The molecule has 0 bridgehead atoms. The van der Waals surface area contributed by atoms with Crippen molar-refractivity contribution < 1.29 is 9.59 Å². The van der Waals surface area contributed by atoms with Gasteiger partial charge in [-0.05, 0) is 31.3 Å². The number of aryl methyl sites for hydroxylation is 1. The third kappa shape index (κ3) is 4.63. The number of aromatic nitrogens is 3. The van der Waals surface area contributed by atoms with Crippen molar-refractivity contribution in [2.45, 2.75) is 13.5 Å². The van der Waals surface area contributed by atoms with Crippen LogP contribution in [0.5, 0.6) is 0 Å². The summed E-state index contributed by atoms with van der Waals surface area (Å²) in [4.78, 5) is 27.2. The van der Waals surface area contributed by atoms with Crippen LogP contribution in [0.25, 0.3) is 0 Å². The van der Waals surface area contributed by atoms with Gasteiger partial charge in [0.25, 0.3) is 11.8 Å².